The van der Waals surface area contributed by atoms with E-state index in [1.165, 1.54) is 16.7 Å². The van der Waals surface area contributed by atoms with Crippen LogP contribution in [0.2, 0.25) is 0 Å². The molecule has 6 rings (SSSR count). The van der Waals surface area contributed by atoms with Crippen molar-refractivity contribution in [3.63, 3.8) is 0 Å². The van der Waals surface area contributed by atoms with E-state index in [2.05, 4.69) is 60.5 Å². The first-order valence-corrected chi connectivity index (χ1v) is 11.6. The monoisotopic (exact) mass is 404 g/mol. The van der Waals surface area contributed by atoms with Gasteiger partial charge in [-0.15, -0.1) is 0 Å². The van der Waals surface area contributed by atoms with Crippen LogP contribution < -0.4 is 0 Å². The summed E-state index contributed by atoms with van der Waals surface area (Å²) in [5.74, 6) is 1.06. The highest BCUT2D eigenvalue weighted by molar-refractivity contribution is 5.73. The molecule has 0 spiro atoms. The zero-order valence-corrected chi connectivity index (χ0v) is 17.9. The van der Waals surface area contributed by atoms with Gasteiger partial charge in [0.15, 0.2) is 0 Å². The number of hydrogen-bond acceptors (Lipinski definition) is 3. The Hall–Kier alpha value is -1.91. The largest absolute Gasteiger partial charge is 0.390 e. The molecule has 0 aliphatic heterocycles. The number of hydrogen-bond donors (Lipinski definition) is 3. The third-order valence-electron chi connectivity index (χ3n) is 9.65. The van der Waals surface area contributed by atoms with Gasteiger partial charge in [-0.2, -0.15) is 5.10 Å². The van der Waals surface area contributed by atoms with Crippen LogP contribution in [-0.2, 0) is 12.8 Å². The number of aliphatic hydroxyl groups is 2. The second-order valence-electron chi connectivity index (χ2n) is 10.8. The molecular weight excluding hydrogens is 372 g/mol. The standard InChI is InChI=1S/C26H32N2O2/c1-25-11-10-19-22(18(25)9-8-17(25)15-6-4-3-5-7-15)24(30)23(29)20-12-21-16(14-27-28-21)13-26(19,20)2/h3-8,14,18-20,22-24,29-30H,9-13H2,1-2H3,(H,27,28). The summed E-state index contributed by atoms with van der Waals surface area (Å²) < 4.78 is 0. The van der Waals surface area contributed by atoms with E-state index in [4.69, 9.17) is 0 Å². The summed E-state index contributed by atoms with van der Waals surface area (Å²) in [6, 6.07) is 10.8. The number of aromatic nitrogens is 2. The number of allylic oxidation sites excluding steroid dienone is 2. The van der Waals surface area contributed by atoms with Gasteiger partial charge in [0.2, 0.25) is 0 Å². The van der Waals surface area contributed by atoms with Crippen molar-refractivity contribution < 1.29 is 10.2 Å². The van der Waals surface area contributed by atoms with Crippen LogP contribution in [0.4, 0.5) is 0 Å². The quantitative estimate of drug-likeness (QED) is 0.673. The van der Waals surface area contributed by atoms with Crippen molar-refractivity contribution in [2.45, 2.75) is 58.2 Å². The Bertz CT molecular complexity index is 997. The van der Waals surface area contributed by atoms with Crippen LogP contribution in [0.3, 0.4) is 0 Å². The predicted octanol–water partition coefficient (Wildman–Crippen LogP) is 4.00. The highest BCUT2D eigenvalue weighted by atomic mass is 16.3. The summed E-state index contributed by atoms with van der Waals surface area (Å²) >= 11 is 0. The van der Waals surface area contributed by atoms with E-state index in [0.717, 1.165) is 37.8 Å². The molecule has 1 aromatic carbocycles. The maximum atomic E-state index is 11.4. The average molecular weight is 405 g/mol. The minimum atomic E-state index is -0.671. The fourth-order valence-electron chi connectivity index (χ4n) is 8.12. The van der Waals surface area contributed by atoms with Crippen molar-refractivity contribution in [2.75, 3.05) is 0 Å². The molecule has 0 amide bonds. The van der Waals surface area contributed by atoms with Crippen molar-refractivity contribution in [1.82, 2.24) is 10.2 Å². The molecule has 0 radical (unpaired) electrons. The third-order valence-corrected chi connectivity index (χ3v) is 9.65. The number of aromatic amines is 1. The normalized spacial score (nSPS) is 44.5. The van der Waals surface area contributed by atoms with E-state index < -0.39 is 12.2 Å². The van der Waals surface area contributed by atoms with E-state index in [9.17, 15) is 10.2 Å². The molecule has 2 saturated carbocycles. The molecule has 8 atom stereocenters. The van der Waals surface area contributed by atoms with Crippen LogP contribution >= 0.6 is 0 Å². The number of nitrogens with one attached hydrogen (secondary N) is 1. The fourth-order valence-corrected chi connectivity index (χ4v) is 8.12. The van der Waals surface area contributed by atoms with Crippen molar-refractivity contribution >= 4 is 5.57 Å². The van der Waals surface area contributed by atoms with Gasteiger partial charge in [-0.1, -0.05) is 50.3 Å². The second kappa shape index (κ2) is 6.30. The van der Waals surface area contributed by atoms with E-state index in [1.54, 1.807) is 0 Å². The summed E-state index contributed by atoms with van der Waals surface area (Å²) in [4.78, 5) is 0. The molecular formula is C26H32N2O2. The first-order chi connectivity index (χ1) is 14.4. The maximum Gasteiger partial charge on any atom is 0.0839 e. The molecule has 30 heavy (non-hydrogen) atoms. The van der Waals surface area contributed by atoms with Gasteiger partial charge in [0.25, 0.3) is 0 Å². The van der Waals surface area contributed by atoms with Gasteiger partial charge in [-0.3, -0.25) is 5.10 Å². The minimum absolute atomic E-state index is 0.0109. The molecule has 2 aromatic rings. The molecule has 0 bridgehead atoms. The molecule has 2 fully saturated rings. The number of nitrogens with zero attached hydrogens (tertiary/aromatic N) is 1. The second-order valence-corrected chi connectivity index (χ2v) is 10.8. The van der Waals surface area contributed by atoms with Gasteiger partial charge in [-0.05, 0) is 83.3 Å². The van der Waals surface area contributed by atoms with Crippen molar-refractivity contribution in [3.05, 3.63) is 59.4 Å². The van der Waals surface area contributed by atoms with Gasteiger partial charge < -0.3 is 10.2 Å². The Labute approximate surface area is 178 Å². The average Bonchev–Trinajstić information content (AvgIpc) is 3.34. The van der Waals surface area contributed by atoms with Gasteiger partial charge in [-0.25, -0.2) is 0 Å². The van der Waals surface area contributed by atoms with E-state index in [0.29, 0.717) is 11.8 Å². The van der Waals surface area contributed by atoms with Gasteiger partial charge in [0.1, 0.15) is 0 Å². The van der Waals surface area contributed by atoms with Crippen LogP contribution in [-0.4, -0.2) is 32.6 Å². The van der Waals surface area contributed by atoms with Crippen LogP contribution in [0.1, 0.15) is 49.9 Å². The first kappa shape index (κ1) is 18.8. The lowest BCUT2D eigenvalue weighted by atomic mass is 9.43. The highest BCUT2D eigenvalue weighted by Crippen LogP contribution is 2.66. The number of benzene rings is 1. The lowest BCUT2D eigenvalue weighted by Crippen LogP contribution is -2.64. The molecule has 3 N–H and O–H groups in total. The third kappa shape index (κ3) is 2.32. The molecule has 1 aromatic heterocycles. The number of H-pyrrole nitrogens is 1. The van der Waals surface area contributed by atoms with E-state index in [1.807, 2.05) is 6.20 Å². The fraction of sp³-hybridized carbons (Fsp3) is 0.577. The van der Waals surface area contributed by atoms with Gasteiger partial charge in [0, 0.05) is 5.69 Å². The van der Waals surface area contributed by atoms with Crippen LogP contribution in [0.5, 0.6) is 0 Å². The summed E-state index contributed by atoms with van der Waals surface area (Å²) in [7, 11) is 0. The van der Waals surface area contributed by atoms with E-state index >= 15 is 0 Å². The number of aliphatic hydroxyl groups excluding tert-OH is 2. The molecule has 0 saturated heterocycles. The van der Waals surface area contributed by atoms with Crippen LogP contribution in [0, 0.1) is 34.5 Å². The van der Waals surface area contributed by atoms with E-state index in [-0.39, 0.29) is 22.7 Å². The minimum Gasteiger partial charge on any atom is -0.390 e. The van der Waals surface area contributed by atoms with Crippen LogP contribution in [0.25, 0.3) is 5.57 Å². The lowest BCUT2D eigenvalue weighted by Gasteiger charge is -2.62. The summed E-state index contributed by atoms with van der Waals surface area (Å²) in [6.07, 6.45) is 8.10. The molecule has 4 aliphatic carbocycles. The predicted molar refractivity (Wildman–Crippen MR) is 116 cm³/mol. The van der Waals surface area contributed by atoms with Crippen molar-refractivity contribution in [3.8, 4) is 0 Å². The Morgan fingerprint density at radius 2 is 1.83 bits per heavy atom. The Balaban J connectivity index is 1.39. The topological polar surface area (TPSA) is 69.1 Å². The summed E-state index contributed by atoms with van der Waals surface area (Å²) in [5, 5.41) is 30.2. The smallest absolute Gasteiger partial charge is 0.0839 e. The number of rotatable bonds is 1. The lowest BCUT2D eigenvalue weighted by molar-refractivity contribution is -0.200. The molecule has 4 heteroatoms. The molecule has 1 heterocycles. The molecule has 158 valence electrons. The Morgan fingerprint density at radius 1 is 1.03 bits per heavy atom. The highest BCUT2D eigenvalue weighted by Gasteiger charge is 2.63. The van der Waals surface area contributed by atoms with Gasteiger partial charge >= 0.3 is 0 Å². The SMILES string of the molecule is CC12CCC3C(C(O)C(O)C4Cc5[nH]ncc5CC43C)C1CC=C2c1ccccc1. The number of fused-ring (bicyclic) bond motifs is 6. The maximum absolute atomic E-state index is 11.4. The summed E-state index contributed by atoms with van der Waals surface area (Å²) in [6.45, 7) is 4.78. The van der Waals surface area contributed by atoms with Crippen molar-refractivity contribution in [2.24, 2.45) is 34.5 Å². The summed E-state index contributed by atoms with van der Waals surface area (Å²) in [5.41, 5.74) is 5.30. The van der Waals surface area contributed by atoms with Gasteiger partial charge in [0.05, 0.1) is 18.4 Å². The first-order valence-electron chi connectivity index (χ1n) is 11.6. The molecule has 4 aliphatic rings. The zero-order chi connectivity index (χ0) is 20.7. The molecule has 4 nitrogen and oxygen atoms in total. The molecule has 8 unspecified atom stereocenters. The zero-order valence-electron chi connectivity index (χ0n) is 17.9. The van der Waals surface area contributed by atoms with Crippen molar-refractivity contribution in [1.29, 1.82) is 0 Å². The Kier molecular flexibility index (Phi) is 3.96. The van der Waals surface area contributed by atoms with Crippen LogP contribution in [0.15, 0.2) is 42.6 Å². The Morgan fingerprint density at radius 3 is 2.63 bits per heavy atom.